The van der Waals surface area contributed by atoms with Crippen LogP contribution in [-0.2, 0) is 12.4 Å². The Hall–Kier alpha value is -4.37. The lowest BCUT2D eigenvalue weighted by molar-refractivity contribution is -0.143. The SMILES string of the molecule is C[C@@H](Nc1nc(=NC2CC2)n2nc/c(=C\c3[nH]c(=O)[nH]c3O)c2n1)c1cc(C(F)(F)F)cc(C(F)(F)F)c1. The topological polar surface area (TPSA) is 136 Å². The Labute approximate surface area is 207 Å². The molecule has 10 nitrogen and oxygen atoms in total. The second kappa shape index (κ2) is 8.88. The van der Waals surface area contributed by atoms with E-state index in [1.807, 2.05) is 0 Å². The lowest BCUT2D eigenvalue weighted by atomic mass is 10.0. The van der Waals surface area contributed by atoms with E-state index in [4.69, 9.17) is 0 Å². The van der Waals surface area contributed by atoms with Crippen molar-refractivity contribution >= 4 is 17.7 Å². The summed E-state index contributed by atoms with van der Waals surface area (Å²) in [4.78, 5) is 29.1. The van der Waals surface area contributed by atoms with Crippen molar-refractivity contribution in [2.45, 2.75) is 44.2 Å². The molecule has 0 amide bonds. The van der Waals surface area contributed by atoms with Crippen LogP contribution >= 0.6 is 0 Å². The Balaban J connectivity index is 1.60. The van der Waals surface area contributed by atoms with Gasteiger partial charge in [-0.1, -0.05) is 0 Å². The molecule has 0 radical (unpaired) electrons. The molecule has 16 heteroatoms. The average molecular weight is 540 g/mol. The Morgan fingerprint density at radius 2 is 1.76 bits per heavy atom. The molecule has 0 spiro atoms. The number of benzene rings is 1. The van der Waals surface area contributed by atoms with Crippen molar-refractivity contribution in [2.24, 2.45) is 4.99 Å². The van der Waals surface area contributed by atoms with Gasteiger partial charge in [0.2, 0.25) is 11.8 Å². The van der Waals surface area contributed by atoms with E-state index in [9.17, 15) is 36.2 Å². The van der Waals surface area contributed by atoms with E-state index < -0.39 is 41.1 Å². The third-order valence-corrected chi connectivity index (χ3v) is 5.71. The van der Waals surface area contributed by atoms with Crippen LogP contribution in [0.3, 0.4) is 0 Å². The molecule has 0 aliphatic heterocycles. The number of aromatic hydroxyl groups is 1. The van der Waals surface area contributed by atoms with Crippen molar-refractivity contribution in [3.63, 3.8) is 0 Å². The first-order valence-electron chi connectivity index (χ1n) is 11.2. The Morgan fingerprint density at radius 1 is 1.11 bits per heavy atom. The van der Waals surface area contributed by atoms with Gasteiger partial charge in [-0.2, -0.15) is 45.9 Å². The number of rotatable bonds is 5. The van der Waals surface area contributed by atoms with Gasteiger partial charge in [0.05, 0.1) is 29.4 Å². The molecular formula is C22H18F6N8O2. The molecule has 3 aromatic heterocycles. The van der Waals surface area contributed by atoms with Crippen molar-refractivity contribution in [3.8, 4) is 5.88 Å². The number of nitrogens with one attached hydrogen (secondary N) is 3. The van der Waals surface area contributed by atoms with Crippen LogP contribution in [0.25, 0.3) is 11.7 Å². The first-order chi connectivity index (χ1) is 17.8. The predicted octanol–water partition coefficient (Wildman–Crippen LogP) is 2.67. The molecule has 5 rings (SSSR count). The monoisotopic (exact) mass is 540 g/mol. The van der Waals surface area contributed by atoms with Crippen LogP contribution in [-0.4, -0.2) is 40.7 Å². The molecular weight excluding hydrogens is 522 g/mol. The number of H-pyrrole nitrogens is 2. The lowest BCUT2D eigenvalue weighted by Gasteiger charge is -2.19. The molecule has 1 aliphatic rings. The fraction of sp³-hybridized carbons (Fsp3) is 0.318. The zero-order valence-electron chi connectivity index (χ0n) is 19.3. The summed E-state index contributed by atoms with van der Waals surface area (Å²) in [6.07, 6.45) is -5.61. The highest BCUT2D eigenvalue weighted by molar-refractivity contribution is 5.57. The van der Waals surface area contributed by atoms with Crippen molar-refractivity contribution in [1.29, 1.82) is 0 Å². The highest BCUT2D eigenvalue weighted by atomic mass is 19.4. The van der Waals surface area contributed by atoms with Crippen LogP contribution in [0.2, 0.25) is 0 Å². The number of anilines is 1. The summed E-state index contributed by atoms with van der Waals surface area (Å²) in [6.45, 7) is 1.37. The third-order valence-electron chi connectivity index (χ3n) is 5.71. The first-order valence-corrected chi connectivity index (χ1v) is 11.2. The average Bonchev–Trinajstić information content (AvgIpc) is 3.46. The van der Waals surface area contributed by atoms with Gasteiger partial charge in [0.15, 0.2) is 5.65 Å². The second-order valence-corrected chi connectivity index (χ2v) is 8.73. The predicted molar refractivity (Wildman–Crippen MR) is 120 cm³/mol. The molecule has 0 saturated heterocycles. The zero-order chi connectivity index (χ0) is 27.4. The minimum absolute atomic E-state index is 0.0158. The largest absolute Gasteiger partial charge is 0.493 e. The Morgan fingerprint density at radius 3 is 2.32 bits per heavy atom. The summed E-state index contributed by atoms with van der Waals surface area (Å²) in [5.41, 5.74) is -3.51. The molecule has 1 aromatic carbocycles. The number of fused-ring (bicyclic) bond motifs is 1. The maximum atomic E-state index is 13.3. The van der Waals surface area contributed by atoms with Crippen molar-refractivity contribution in [2.75, 3.05) is 5.32 Å². The third kappa shape index (κ3) is 5.19. The summed E-state index contributed by atoms with van der Waals surface area (Å²) in [5, 5.41) is 17.1. The van der Waals surface area contributed by atoms with Crippen LogP contribution in [0.1, 0.15) is 48.2 Å². The molecule has 1 saturated carbocycles. The van der Waals surface area contributed by atoms with E-state index >= 15 is 0 Å². The van der Waals surface area contributed by atoms with Gasteiger partial charge in [-0.25, -0.2) is 9.79 Å². The van der Waals surface area contributed by atoms with E-state index in [0.717, 1.165) is 12.8 Å². The number of halogens is 6. The normalized spacial score (nSPS) is 16.4. The minimum Gasteiger partial charge on any atom is -0.493 e. The fourth-order valence-corrected chi connectivity index (χ4v) is 3.65. The number of aromatic nitrogens is 6. The fourth-order valence-electron chi connectivity index (χ4n) is 3.65. The minimum atomic E-state index is -4.99. The number of nitrogens with zero attached hydrogens (tertiary/aromatic N) is 5. The first kappa shape index (κ1) is 25.3. The molecule has 1 fully saturated rings. The van der Waals surface area contributed by atoms with E-state index in [1.165, 1.54) is 23.7 Å². The Kier molecular flexibility index (Phi) is 5.91. The molecule has 0 bridgehead atoms. The van der Waals surface area contributed by atoms with Crippen LogP contribution in [0.4, 0.5) is 32.3 Å². The summed E-state index contributed by atoms with van der Waals surface area (Å²) < 4.78 is 81.2. The van der Waals surface area contributed by atoms with Gasteiger partial charge in [0, 0.05) is 5.22 Å². The smallest absolute Gasteiger partial charge is 0.416 e. The van der Waals surface area contributed by atoms with Gasteiger partial charge in [0.25, 0.3) is 5.62 Å². The van der Waals surface area contributed by atoms with Crippen LogP contribution in [0, 0.1) is 0 Å². The molecule has 1 atom stereocenters. The molecule has 3 heterocycles. The number of aromatic amines is 2. The van der Waals surface area contributed by atoms with E-state index in [0.29, 0.717) is 17.4 Å². The van der Waals surface area contributed by atoms with Gasteiger partial charge < -0.3 is 15.4 Å². The highest BCUT2D eigenvalue weighted by Crippen LogP contribution is 2.37. The van der Waals surface area contributed by atoms with Crippen molar-refractivity contribution in [1.82, 2.24) is 29.5 Å². The van der Waals surface area contributed by atoms with Crippen LogP contribution < -0.4 is 21.8 Å². The van der Waals surface area contributed by atoms with Gasteiger partial charge in [0.1, 0.15) is 5.69 Å². The molecule has 0 unspecified atom stereocenters. The quantitative estimate of drug-likeness (QED) is 0.288. The Bertz CT molecular complexity index is 1670. The highest BCUT2D eigenvalue weighted by Gasteiger charge is 2.37. The number of hydrogen-bond acceptors (Lipinski definition) is 7. The summed E-state index contributed by atoms with van der Waals surface area (Å²) >= 11 is 0. The van der Waals surface area contributed by atoms with E-state index in [-0.39, 0.29) is 40.6 Å². The van der Waals surface area contributed by atoms with Crippen molar-refractivity contribution < 1.29 is 31.4 Å². The van der Waals surface area contributed by atoms with Gasteiger partial charge >= 0.3 is 18.0 Å². The standard InChI is InChI=1S/C22H18F6N8O2/c1-9(10-4-12(21(23,24)25)7-13(5-10)22(26,27)28)30-18-33-16-11(6-15-17(37)34-20(38)32-15)8-29-36(16)19(35-18)31-14-2-3-14/h4-9,14,37H,2-3H2,1H3,(H,30,31,35)(H2,32,34,38)/b11-6+/t9-/m1/s1. The lowest BCUT2D eigenvalue weighted by Crippen LogP contribution is -2.25. The maximum absolute atomic E-state index is 13.3. The molecule has 4 aromatic rings. The van der Waals surface area contributed by atoms with Crippen molar-refractivity contribution in [3.05, 3.63) is 68.1 Å². The van der Waals surface area contributed by atoms with Gasteiger partial charge in [-0.05, 0) is 49.6 Å². The molecule has 38 heavy (non-hydrogen) atoms. The summed E-state index contributed by atoms with van der Waals surface area (Å²) in [6, 6.07) is 0.224. The summed E-state index contributed by atoms with van der Waals surface area (Å²) in [5.74, 6) is -0.555. The molecule has 200 valence electrons. The van der Waals surface area contributed by atoms with E-state index in [2.05, 4.69) is 35.3 Å². The van der Waals surface area contributed by atoms with E-state index in [1.54, 1.807) is 0 Å². The second-order valence-electron chi connectivity index (χ2n) is 8.73. The van der Waals surface area contributed by atoms with Gasteiger partial charge in [-0.15, -0.1) is 0 Å². The van der Waals surface area contributed by atoms with Crippen LogP contribution in [0.15, 0.2) is 34.2 Å². The summed E-state index contributed by atoms with van der Waals surface area (Å²) in [7, 11) is 0. The number of alkyl halides is 6. The van der Waals surface area contributed by atoms with Gasteiger partial charge in [-0.3, -0.25) is 4.98 Å². The number of imidazole rings is 1. The zero-order valence-corrected chi connectivity index (χ0v) is 19.3. The molecule has 4 N–H and O–H groups in total. The molecule has 1 aliphatic carbocycles. The maximum Gasteiger partial charge on any atom is 0.416 e. The van der Waals surface area contributed by atoms with Crippen LogP contribution in [0.5, 0.6) is 5.88 Å². The number of hydrogen-bond donors (Lipinski definition) is 4.